The fraction of sp³-hybridized carbons (Fsp3) is 0.667. The lowest BCUT2D eigenvalue weighted by molar-refractivity contribution is -0.136. The number of carboxylic acid groups (broad SMARTS) is 1. The first kappa shape index (κ1) is 20.0. The number of hydrogen-bond acceptors (Lipinski definition) is 6. The average molecular weight is 407 g/mol. The van der Waals surface area contributed by atoms with Crippen LogP contribution in [-0.4, -0.2) is 45.3 Å². The number of rotatable bonds is 8. The van der Waals surface area contributed by atoms with Crippen LogP contribution in [0.3, 0.4) is 0 Å². The Morgan fingerprint density at radius 1 is 1.30 bits per heavy atom. The summed E-state index contributed by atoms with van der Waals surface area (Å²) in [6.07, 6.45) is 0.763. The second-order valence-corrected chi connectivity index (χ2v) is 8.60. The van der Waals surface area contributed by atoms with Gasteiger partial charge in [0, 0.05) is 10.1 Å². The largest absolute Gasteiger partial charge is 0.481 e. The zero-order valence-electron chi connectivity index (χ0n) is 14.0. The molecule has 0 fully saturated rings. The van der Waals surface area contributed by atoms with Gasteiger partial charge in [0.2, 0.25) is 11.8 Å². The predicted octanol–water partition coefficient (Wildman–Crippen LogP) is 3.63. The van der Waals surface area contributed by atoms with E-state index in [9.17, 15) is 4.79 Å². The van der Waals surface area contributed by atoms with Crippen LogP contribution in [0.25, 0.3) is 0 Å². The number of aliphatic carboxylic acids is 1. The Bertz CT molecular complexity index is 514. The Kier molecular flexibility index (Phi) is 7.60. The number of carboxylic acids is 1. The minimum atomic E-state index is -0.816. The number of ether oxygens (including phenoxy) is 2. The second kappa shape index (κ2) is 8.73. The number of aromatic nitrogens is 2. The van der Waals surface area contributed by atoms with Crippen LogP contribution in [-0.2, 0) is 4.79 Å². The Morgan fingerprint density at radius 3 is 2.22 bits per heavy atom. The molecule has 0 aliphatic carbocycles. The molecule has 0 spiro atoms. The minimum Gasteiger partial charge on any atom is -0.481 e. The molecular formula is C15H23BrN2O4S. The minimum absolute atomic E-state index is 0.0468. The number of nitrogens with zero attached hydrogens (tertiary/aromatic N) is 2. The van der Waals surface area contributed by atoms with Gasteiger partial charge < -0.3 is 14.6 Å². The van der Waals surface area contributed by atoms with Gasteiger partial charge in [0.25, 0.3) is 0 Å². The van der Waals surface area contributed by atoms with Crippen LogP contribution >= 0.6 is 27.7 Å². The summed E-state index contributed by atoms with van der Waals surface area (Å²) >= 11 is 4.96. The van der Waals surface area contributed by atoms with Gasteiger partial charge in [0.1, 0.15) is 0 Å². The molecule has 1 N–H and O–H groups in total. The van der Waals surface area contributed by atoms with Gasteiger partial charge in [-0.2, -0.15) is 9.97 Å². The van der Waals surface area contributed by atoms with Crippen molar-refractivity contribution in [2.24, 2.45) is 5.41 Å². The van der Waals surface area contributed by atoms with Crippen LogP contribution in [0.15, 0.2) is 11.2 Å². The van der Waals surface area contributed by atoms with Crippen molar-refractivity contribution in [3.63, 3.8) is 0 Å². The summed E-state index contributed by atoms with van der Waals surface area (Å²) in [4.78, 5) is 19.4. The summed E-state index contributed by atoms with van der Waals surface area (Å²) in [7, 11) is 3.08. The molecule has 6 nitrogen and oxygen atoms in total. The average Bonchev–Trinajstić information content (AvgIpc) is 2.44. The molecule has 1 aromatic rings. The van der Waals surface area contributed by atoms with Crippen molar-refractivity contribution in [3.8, 4) is 11.8 Å². The number of methoxy groups -OCH3 is 2. The highest BCUT2D eigenvalue weighted by Gasteiger charge is 2.30. The molecule has 0 aliphatic heterocycles. The maximum absolute atomic E-state index is 10.9. The fourth-order valence-electron chi connectivity index (χ4n) is 1.86. The molecule has 1 aromatic heterocycles. The summed E-state index contributed by atoms with van der Waals surface area (Å²) in [5, 5.41) is 9.61. The zero-order chi connectivity index (χ0) is 17.6. The summed E-state index contributed by atoms with van der Waals surface area (Å²) in [5.41, 5.74) is -0.0468. The third-order valence-corrected chi connectivity index (χ3v) is 5.43. The van der Waals surface area contributed by atoms with E-state index < -0.39 is 5.97 Å². The first-order chi connectivity index (χ1) is 10.7. The van der Waals surface area contributed by atoms with Gasteiger partial charge in [0.15, 0.2) is 5.16 Å². The quantitative estimate of drug-likeness (QED) is 0.400. The van der Waals surface area contributed by atoms with Crippen LogP contribution in [0.2, 0.25) is 0 Å². The molecule has 1 heterocycles. The molecule has 8 heteroatoms. The van der Waals surface area contributed by atoms with E-state index in [1.165, 1.54) is 11.8 Å². The predicted molar refractivity (Wildman–Crippen MR) is 93.8 cm³/mol. The zero-order valence-corrected chi connectivity index (χ0v) is 16.4. The monoisotopic (exact) mass is 406 g/mol. The van der Waals surface area contributed by atoms with Gasteiger partial charge in [-0.1, -0.05) is 48.5 Å². The van der Waals surface area contributed by atoms with Crippen LogP contribution in [0.5, 0.6) is 11.8 Å². The highest BCUT2D eigenvalue weighted by Crippen LogP contribution is 2.39. The van der Waals surface area contributed by atoms with Crippen molar-refractivity contribution in [3.05, 3.63) is 6.07 Å². The number of halogens is 1. The van der Waals surface area contributed by atoms with Crippen molar-refractivity contribution in [1.82, 2.24) is 9.97 Å². The number of thioether (sulfide) groups is 1. The molecule has 0 saturated carbocycles. The normalized spacial score (nSPS) is 14.2. The van der Waals surface area contributed by atoms with Crippen molar-refractivity contribution >= 4 is 33.7 Å². The first-order valence-corrected chi connectivity index (χ1v) is 8.94. The third-order valence-electron chi connectivity index (χ3n) is 3.16. The molecule has 23 heavy (non-hydrogen) atoms. The lowest BCUT2D eigenvalue weighted by atomic mass is 9.88. The van der Waals surface area contributed by atoms with Crippen LogP contribution < -0.4 is 9.47 Å². The molecule has 0 amide bonds. The molecule has 0 saturated heterocycles. The summed E-state index contributed by atoms with van der Waals surface area (Å²) in [6.45, 7) is 6.34. The molecule has 130 valence electrons. The fourth-order valence-corrected chi connectivity index (χ4v) is 3.98. The van der Waals surface area contributed by atoms with Gasteiger partial charge >= 0.3 is 5.97 Å². The number of alkyl halides is 1. The lowest BCUT2D eigenvalue weighted by Gasteiger charge is -2.31. The van der Waals surface area contributed by atoms with Gasteiger partial charge in [-0.05, 0) is 11.8 Å². The highest BCUT2D eigenvalue weighted by molar-refractivity contribution is 9.09. The van der Waals surface area contributed by atoms with Gasteiger partial charge in [-0.3, -0.25) is 4.79 Å². The second-order valence-electron chi connectivity index (χ2n) is 6.14. The van der Waals surface area contributed by atoms with Crippen molar-refractivity contribution in [1.29, 1.82) is 0 Å². The summed E-state index contributed by atoms with van der Waals surface area (Å²) in [5.74, 6) is 0.0599. The molecule has 2 atom stereocenters. The van der Waals surface area contributed by atoms with Gasteiger partial charge in [-0.25, -0.2) is 0 Å². The molecule has 0 aromatic carbocycles. The van der Waals surface area contributed by atoms with E-state index >= 15 is 0 Å². The van der Waals surface area contributed by atoms with Crippen LogP contribution in [0, 0.1) is 5.41 Å². The van der Waals surface area contributed by atoms with Crippen molar-refractivity contribution in [2.75, 3.05) is 14.2 Å². The first-order valence-electron chi connectivity index (χ1n) is 7.15. The smallest absolute Gasteiger partial charge is 0.304 e. The molecule has 0 bridgehead atoms. The summed E-state index contributed by atoms with van der Waals surface area (Å²) < 4.78 is 10.3. The Morgan fingerprint density at radius 2 is 1.83 bits per heavy atom. The third kappa shape index (κ3) is 6.95. The van der Waals surface area contributed by atoms with E-state index in [2.05, 4.69) is 46.7 Å². The van der Waals surface area contributed by atoms with Crippen LogP contribution in [0.1, 0.15) is 33.6 Å². The Labute approximate surface area is 149 Å². The van der Waals surface area contributed by atoms with E-state index in [0.29, 0.717) is 23.3 Å². The highest BCUT2D eigenvalue weighted by atomic mass is 79.9. The van der Waals surface area contributed by atoms with E-state index in [4.69, 9.17) is 14.6 Å². The van der Waals surface area contributed by atoms with Gasteiger partial charge in [-0.15, -0.1) is 0 Å². The van der Waals surface area contributed by atoms with E-state index in [1.807, 2.05) is 0 Å². The Hall–Kier alpha value is -1.02. The van der Waals surface area contributed by atoms with Gasteiger partial charge in [0.05, 0.1) is 26.7 Å². The molecular weight excluding hydrogens is 384 g/mol. The van der Waals surface area contributed by atoms with Crippen molar-refractivity contribution < 1.29 is 19.4 Å². The van der Waals surface area contributed by atoms with E-state index in [0.717, 1.165) is 0 Å². The standard InChI is InChI=1S/C15H23BrN2O4S/c1-15(2,3)10(6-9(16)7-13(19)20)23-14-17-11(21-4)8-12(18-14)22-5/h8-10H,6-7H2,1-5H3,(H,19,20). The molecule has 2 unspecified atom stereocenters. The molecule has 0 aliphatic rings. The van der Waals surface area contributed by atoms with E-state index in [-0.39, 0.29) is 21.9 Å². The Balaban J connectivity index is 2.95. The summed E-state index contributed by atoms with van der Waals surface area (Å²) in [6, 6.07) is 1.62. The number of carbonyl (C=O) groups is 1. The maximum Gasteiger partial charge on any atom is 0.304 e. The van der Waals surface area contributed by atoms with Crippen molar-refractivity contribution in [2.45, 2.75) is 48.8 Å². The van der Waals surface area contributed by atoms with E-state index in [1.54, 1.807) is 20.3 Å². The molecule has 0 radical (unpaired) electrons. The number of hydrogen-bond donors (Lipinski definition) is 1. The SMILES string of the molecule is COc1cc(OC)nc(SC(CC(Br)CC(=O)O)C(C)(C)C)n1. The topological polar surface area (TPSA) is 81.5 Å². The lowest BCUT2D eigenvalue weighted by Crippen LogP contribution is -2.27. The molecule has 1 rings (SSSR count). The maximum atomic E-state index is 10.9. The van der Waals surface area contributed by atoms with Crippen LogP contribution in [0.4, 0.5) is 0 Å².